The number of carbonyl (C=O) groups is 1. The third-order valence-corrected chi connectivity index (χ3v) is 3.41. The van der Waals surface area contributed by atoms with Gasteiger partial charge in [-0.15, -0.1) is 5.10 Å². The van der Waals surface area contributed by atoms with E-state index in [1.54, 1.807) is 17.0 Å². The predicted molar refractivity (Wildman–Crippen MR) is 71.6 cm³/mol. The van der Waals surface area contributed by atoms with Gasteiger partial charge in [-0.05, 0) is 35.4 Å². The number of carbonyl (C=O) groups excluding carboxylic acids is 1. The van der Waals surface area contributed by atoms with E-state index in [9.17, 15) is 13.6 Å². The van der Waals surface area contributed by atoms with Crippen LogP contribution < -0.4 is 9.64 Å². The Hall–Kier alpha value is -2.58. The van der Waals surface area contributed by atoms with Crippen LogP contribution in [0.5, 0.6) is 5.75 Å². The first-order chi connectivity index (χ1) is 10.6. The van der Waals surface area contributed by atoms with E-state index >= 15 is 0 Å². The van der Waals surface area contributed by atoms with Gasteiger partial charge < -0.3 is 9.64 Å². The quantitative estimate of drug-likeness (QED) is 0.850. The maximum absolute atomic E-state index is 12.5. The zero-order valence-corrected chi connectivity index (χ0v) is 11.5. The number of aromatic nitrogens is 4. The Bertz CT molecular complexity index is 662. The van der Waals surface area contributed by atoms with Crippen LogP contribution in [0.1, 0.15) is 12.0 Å². The van der Waals surface area contributed by atoms with Crippen LogP contribution >= 0.6 is 0 Å². The molecule has 7 nitrogen and oxygen atoms in total. The fourth-order valence-electron chi connectivity index (χ4n) is 2.53. The Morgan fingerprint density at radius 3 is 3.00 bits per heavy atom. The van der Waals surface area contributed by atoms with E-state index in [2.05, 4.69) is 20.3 Å². The molecular formula is C13H13F2N5O2. The number of hydrogen-bond donors (Lipinski definition) is 0. The first kappa shape index (κ1) is 14.4. The summed E-state index contributed by atoms with van der Waals surface area (Å²) in [4.78, 5) is 13.9. The van der Waals surface area contributed by atoms with Gasteiger partial charge in [-0.25, -0.2) is 4.68 Å². The molecule has 2 aromatic rings. The molecule has 0 fully saturated rings. The van der Waals surface area contributed by atoms with E-state index < -0.39 is 6.61 Å². The number of tetrazole rings is 1. The molecule has 1 aliphatic rings. The Balaban J connectivity index is 1.86. The molecule has 1 aromatic carbocycles. The molecule has 1 amide bonds. The monoisotopic (exact) mass is 309 g/mol. The minimum atomic E-state index is -2.89. The summed E-state index contributed by atoms with van der Waals surface area (Å²) in [5.74, 6) is -0.0881. The van der Waals surface area contributed by atoms with Crippen molar-refractivity contribution >= 4 is 11.6 Å². The summed E-state index contributed by atoms with van der Waals surface area (Å²) in [6, 6.07) is 4.81. The summed E-state index contributed by atoms with van der Waals surface area (Å²) >= 11 is 0. The molecular weight excluding hydrogens is 296 g/mol. The van der Waals surface area contributed by atoms with Crippen LogP contribution in [-0.4, -0.2) is 39.3 Å². The van der Waals surface area contributed by atoms with Gasteiger partial charge in [0.15, 0.2) is 0 Å². The molecule has 0 saturated carbocycles. The second-order valence-corrected chi connectivity index (χ2v) is 4.79. The average Bonchev–Trinajstić information content (AvgIpc) is 2.99. The van der Waals surface area contributed by atoms with Crippen LogP contribution in [0.3, 0.4) is 0 Å². The Morgan fingerprint density at radius 1 is 1.41 bits per heavy atom. The van der Waals surface area contributed by atoms with E-state index in [0.29, 0.717) is 30.6 Å². The van der Waals surface area contributed by atoms with Crippen molar-refractivity contribution in [3.63, 3.8) is 0 Å². The molecule has 0 bridgehead atoms. The van der Waals surface area contributed by atoms with E-state index in [4.69, 9.17) is 0 Å². The van der Waals surface area contributed by atoms with Crippen molar-refractivity contribution in [3.05, 3.63) is 30.1 Å². The smallest absolute Gasteiger partial charge is 0.387 e. The van der Waals surface area contributed by atoms with Gasteiger partial charge >= 0.3 is 6.61 Å². The van der Waals surface area contributed by atoms with E-state index in [1.165, 1.54) is 17.1 Å². The number of alkyl halides is 2. The first-order valence-electron chi connectivity index (χ1n) is 6.73. The van der Waals surface area contributed by atoms with Crippen molar-refractivity contribution < 1.29 is 18.3 Å². The van der Waals surface area contributed by atoms with Crippen molar-refractivity contribution in [2.24, 2.45) is 0 Å². The highest BCUT2D eigenvalue weighted by atomic mass is 19.3. The lowest BCUT2D eigenvalue weighted by Crippen LogP contribution is -2.38. The molecule has 9 heteroatoms. The minimum absolute atomic E-state index is 0.00757. The fraction of sp³-hybridized carbons (Fsp3) is 0.385. The zero-order chi connectivity index (χ0) is 15.5. The van der Waals surface area contributed by atoms with E-state index in [1.807, 2.05) is 0 Å². The zero-order valence-electron chi connectivity index (χ0n) is 11.5. The molecule has 3 rings (SSSR count). The van der Waals surface area contributed by atoms with Gasteiger partial charge in [0.05, 0.1) is 5.69 Å². The van der Waals surface area contributed by atoms with Crippen LogP contribution in [0.25, 0.3) is 0 Å². The second-order valence-electron chi connectivity index (χ2n) is 4.79. The summed E-state index contributed by atoms with van der Waals surface area (Å²) in [6.07, 6.45) is 2.62. The molecule has 0 atom stereocenters. The normalized spacial score (nSPS) is 14.0. The molecule has 0 unspecified atom stereocenters. The number of amides is 1. The third-order valence-electron chi connectivity index (χ3n) is 3.41. The number of halogens is 2. The highest BCUT2D eigenvalue weighted by Gasteiger charge is 2.25. The third kappa shape index (κ3) is 2.87. The number of anilines is 1. The van der Waals surface area contributed by atoms with Crippen LogP contribution in [0, 0.1) is 0 Å². The lowest BCUT2D eigenvalue weighted by atomic mass is 10.0. The Kier molecular flexibility index (Phi) is 3.94. The van der Waals surface area contributed by atoms with E-state index in [0.717, 1.165) is 0 Å². The SMILES string of the molecule is O=C(Cn1cnnn1)N1CCCc2c(OC(F)F)cccc21. The number of rotatable bonds is 4. The van der Waals surface area contributed by atoms with Gasteiger partial charge in [-0.2, -0.15) is 8.78 Å². The summed E-state index contributed by atoms with van der Waals surface area (Å²) in [6.45, 7) is -2.38. The van der Waals surface area contributed by atoms with Crippen LogP contribution in [0.2, 0.25) is 0 Å². The molecule has 0 saturated heterocycles. The largest absolute Gasteiger partial charge is 0.434 e. The number of ether oxygens (including phenoxy) is 1. The minimum Gasteiger partial charge on any atom is -0.434 e. The summed E-state index contributed by atoms with van der Waals surface area (Å²) in [7, 11) is 0. The number of fused-ring (bicyclic) bond motifs is 1. The van der Waals surface area contributed by atoms with Gasteiger partial charge in [-0.3, -0.25) is 4.79 Å². The maximum atomic E-state index is 12.5. The molecule has 116 valence electrons. The number of hydrogen-bond acceptors (Lipinski definition) is 5. The average molecular weight is 309 g/mol. The molecule has 0 aliphatic carbocycles. The molecule has 0 spiro atoms. The fourth-order valence-corrected chi connectivity index (χ4v) is 2.53. The Morgan fingerprint density at radius 2 is 2.27 bits per heavy atom. The number of nitrogens with zero attached hydrogens (tertiary/aromatic N) is 5. The second kappa shape index (κ2) is 6.04. The topological polar surface area (TPSA) is 73.1 Å². The predicted octanol–water partition coefficient (Wildman–Crippen LogP) is 1.25. The van der Waals surface area contributed by atoms with Crippen molar-refractivity contribution in [2.75, 3.05) is 11.4 Å². The van der Waals surface area contributed by atoms with Gasteiger partial charge in [0.1, 0.15) is 18.6 Å². The molecule has 22 heavy (non-hydrogen) atoms. The number of benzene rings is 1. The van der Waals surface area contributed by atoms with Crippen LogP contribution in [0.15, 0.2) is 24.5 Å². The highest BCUT2D eigenvalue weighted by molar-refractivity contribution is 5.94. The molecule has 0 radical (unpaired) electrons. The van der Waals surface area contributed by atoms with Gasteiger partial charge in [0.2, 0.25) is 5.91 Å². The highest BCUT2D eigenvalue weighted by Crippen LogP contribution is 2.35. The first-order valence-corrected chi connectivity index (χ1v) is 6.73. The van der Waals surface area contributed by atoms with Crippen molar-refractivity contribution in [2.45, 2.75) is 26.0 Å². The van der Waals surface area contributed by atoms with E-state index in [-0.39, 0.29) is 18.2 Å². The van der Waals surface area contributed by atoms with Crippen molar-refractivity contribution in [3.8, 4) is 5.75 Å². The lowest BCUT2D eigenvalue weighted by molar-refractivity contribution is -0.119. The van der Waals surface area contributed by atoms with Gasteiger partial charge in [-0.1, -0.05) is 6.07 Å². The Labute approximate surface area is 124 Å². The molecule has 0 N–H and O–H groups in total. The maximum Gasteiger partial charge on any atom is 0.387 e. The summed E-state index contributed by atoms with van der Waals surface area (Å²) in [5.41, 5.74) is 1.22. The van der Waals surface area contributed by atoms with Crippen LogP contribution in [-0.2, 0) is 17.8 Å². The van der Waals surface area contributed by atoms with Gasteiger partial charge in [0.25, 0.3) is 0 Å². The van der Waals surface area contributed by atoms with Gasteiger partial charge in [0, 0.05) is 12.1 Å². The van der Waals surface area contributed by atoms with Crippen molar-refractivity contribution in [1.82, 2.24) is 20.2 Å². The standard InChI is InChI=1S/C13H13F2N5O2/c14-13(15)22-11-5-1-4-10-9(11)3-2-6-20(10)12(21)7-19-8-16-17-18-19/h1,4-5,8,13H,2-3,6-7H2. The molecule has 2 heterocycles. The lowest BCUT2D eigenvalue weighted by Gasteiger charge is -2.30. The van der Waals surface area contributed by atoms with Crippen LogP contribution in [0.4, 0.5) is 14.5 Å². The van der Waals surface area contributed by atoms with Crippen molar-refractivity contribution in [1.29, 1.82) is 0 Å². The summed E-state index contributed by atoms with van der Waals surface area (Å²) < 4.78 is 30.8. The summed E-state index contributed by atoms with van der Waals surface area (Å²) in [5, 5.41) is 10.6. The molecule has 1 aromatic heterocycles. The molecule has 1 aliphatic heterocycles.